The fraction of sp³-hybridized carbons (Fsp3) is 0.714. The van der Waals surface area contributed by atoms with Crippen molar-refractivity contribution in [2.24, 2.45) is 22.2 Å². The smallest absolute Gasteiger partial charge is 0.326 e. The first-order valence-corrected chi connectivity index (χ1v) is 14.4. The minimum atomic E-state index is -1.35. The van der Waals surface area contributed by atoms with E-state index in [1.165, 1.54) is 23.5 Å². The van der Waals surface area contributed by atoms with Gasteiger partial charge in [0.2, 0.25) is 17.7 Å². The van der Waals surface area contributed by atoms with Gasteiger partial charge in [0.25, 0.3) is 0 Å². The van der Waals surface area contributed by atoms with E-state index in [2.05, 4.69) is 20.9 Å². The molecule has 14 nitrogen and oxygen atoms in total. The zero-order valence-corrected chi connectivity index (χ0v) is 22.7. The lowest BCUT2D eigenvalue weighted by Gasteiger charge is -2.25. The van der Waals surface area contributed by atoms with Crippen molar-refractivity contribution in [3.8, 4) is 0 Å². The monoisotopic (exact) mass is 565 g/mol. The van der Waals surface area contributed by atoms with Crippen molar-refractivity contribution in [2.45, 2.75) is 62.7 Å². The summed E-state index contributed by atoms with van der Waals surface area (Å²) in [5.41, 5.74) is 16.4. The number of carboxylic acid groups (broad SMARTS) is 2. The molecule has 4 unspecified atom stereocenters. The molecule has 16 heteroatoms. The molecule has 0 rings (SSSR count). The third-order valence-corrected chi connectivity index (χ3v) is 6.34. The number of carboxylic acids is 2. The molecule has 0 spiro atoms. The summed E-state index contributed by atoms with van der Waals surface area (Å²) in [6, 6.07) is -4.50. The second-order valence-corrected chi connectivity index (χ2v) is 10.0. The number of guanidine groups is 1. The van der Waals surface area contributed by atoms with Gasteiger partial charge in [0.05, 0.1) is 6.04 Å². The molecular weight excluding hydrogens is 526 g/mol. The molecule has 0 saturated heterocycles. The number of nitrogens with one attached hydrogen (secondary N) is 3. The van der Waals surface area contributed by atoms with Crippen molar-refractivity contribution < 1.29 is 34.2 Å². The van der Waals surface area contributed by atoms with E-state index in [0.717, 1.165) is 0 Å². The van der Waals surface area contributed by atoms with Gasteiger partial charge in [0, 0.05) is 13.0 Å². The second-order valence-electron chi connectivity index (χ2n) is 8.07. The van der Waals surface area contributed by atoms with E-state index in [1.807, 2.05) is 12.5 Å². The Morgan fingerprint density at radius 1 is 0.784 bits per heavy atom. The molecule has 0 saturated carbocycles. The molecule has 0 fully saturated rings. The van der Waals surface area contributed by atoms with Gasteiger partial charge >= 0.3 is 11.9 Å². The molecule has 212 valence electrons. The van der Waals surface area contributed by atoms with E-state index in [9.17, 15) is 29.1 Å². The Balaban J connectivity index is 5.48. The normalized spacial score (nSPS) is 13.9. The Bertz CT molecular complexity index is 797. The first kappa shape index (κ1) is 34.3. The highest BCUT2D eigenvalue weighted by Crippen LogP contribution is 2.07. The summed E-state index contributed by atoms with van der Waals surface area (Å²) in [6.45, 7) is 0.150. The van der Waals surface area contributed by atoms with Gasteiger partial charge in [-0.1, -0.05) is 0 Å². The van der Waals surface area contributed by atoms with Gasteiger partial charge in [-0.15, -0.1) is 0 Å². The van der Waals surface area contributed by atoms with Crippen molar-refractivity contribution in [3.63, 3.8) is 0 Å². The number of amides is 3. The van der Waals surface area contributed by atoms with Gasteiger partial charge in [0.1, 0.15) is 18.1 Å². The molecule has 0 aromatic carbocycles. The van der Waals surface area contributed by atoms with Crippen molar-refractivity contribution in [2.75, 3.05) is 30.6 Å². The van der Waals surface area contributed by atoms with Crippen molar-refractivity contribution in [1.29, 1.82) is 0 Å². The number of hydrogen-bond acceptors (Lipinski definition) is 9. The van der Waals surface area contributed by atoms with Crippen LogP contribution in [-0.2, 0) is 24.0 Å². The van der Waals surface area contributed by atoms with Gasteiger partial charge in [-0.05, 0) is 56.1 Å². The number of nitrogens with two attached hydrogens (primary N) is 3. The minimum absolute atomic E-state index is 0.00219. The van der Waals surface area contributed by atoms with Crippen LogP contribution in [0.5, 0.6) is 0 Å². The van der Waals surface area contributed by atoms with Crippen LogP contribution in [0.3, 0.4) is 0 Å². The molecule has 0 aromatic heterocycles. The summed E-state index contributed by atoms with van der Waals surface area (Å²) in [5.74, 6) is -3.59. The van der Waals surface area contributed by atoms with E-state index >= 15 is 0 Å². The fourth-order valence-electron chi connectivity index (χ4n) is 3.00. The number of rotatable bonds is 20. The number of hydrogen-bond donors (Lipinski definition) is 8. The minimum Gasteiger partial charge on any atom is -0.481 e. The molecule has 0 aliphatic rings. The molecule has 37 heavy (non-hydrogen) atoms. The molecule has 0 aliphatic carbocycles. The lowest BCUT2D eigenvalue weighted by Crippen LogP contribution is -2.57. The number of carbonyl (C=O) groups is 5. The molecule has 0 aromatic rings. The summed E-state index contributed by atoms with van der Waals surface area (Å²) in [6.07, 6.45) is 3.85. The first-order valence-electron chi connectivity index (χ1n) is 11.6. The van der Waals surface area contributed by atoms with Crippen LogP contribution in [0.15, 0.2) is 4.99 Å². The molecular formula is C21H39N7O7S2. The average Bonchev–Trinajstić information content (AvgIpc) is 2.83. The Labute approximate surface area is 224 Å². The fourth-order valence-corrected chi connectivity index (χ4v) is 3.96. The van der Waals surface area contributed by atoms with E-state index in [4.69, 9.17) is 22.3 Å². The van der Waals surface area contributed by atoms with Crippen LogP contribution in [-0.4, -0.2) is 101 Å². The predicted octanol–water partition coefficient (Wildman–Crippen LogP) is -1.72. The van der Waals surface area contributed by atoms with Gasteiger partial charge < -0.3 is 43.4 Å². The summed E-state index contributed by atoms with van der Waals surface area (Å²) >= 11 is 2.97. The second kappa shape index (κ2) is 19.4. The molecule has 3 amide bonds. The van der Waals surface area contributed by atoms with Crippen LogP contribution < -0.4 is 33.2 Å². The number of aliphatic imine (C=N–C) groups is 1. The molecule has 0 bridgehead atoms. The van der Waals surface area contributed by atoms with Crippen molar-refractivity contribution in [1.82, 2.24) is 16.0 Å². The van der Waals surface area contributed by atoms with Crippen molar-refractivity contribution >= 4 is 59.1 Å². The maximum atomic E-state index is 13.0. The van der Waals surface area contributed by atoms with Crippen LogP contribution in [0.1, 0.15) is 38.5 Å². The highest BCUT2D eigenvalue weighted by atomic mass is 32.2. The number of aliphatic carboxylic acids is 2. The van der Waals surface area contributed by atoms with E-state index < -0.39 is 60.2 Å². The van der Waals surface area contributed by atoms with Crippen LogP contribution in [0.2, 0.25) is 0 Å². The Morgan fingerprint density at radius 3 is 1.81 bits per heavy atom. The maximum absolute atomic E-state index is 13.0. The molecule has 0 heterocycles. The van der Waals surface area contributed by atoms with E-state index in [1.54, 1.807) is 0 Å². The first-order chi connectivity index (χ1) is 17.4. The summed E-state index contributed by atoms with van der Waals surface area (Å²) in [7, 11) is 0. The van der Waals surface area contributed by atoms with Crippen LogP contribution in [0.25, 0.3) is 0 Å². The van der Waals surface area contributed by atoms with E-state index in [-0.39, 0.29) is 38.2 Å². The van der Waals surface area contributed by atoms with Crippen LogP contribution in [0, 0.1) is 0 Å². The third kappa shape index (κ3) is 15.9. The Hall–Kier alpha value is -2.72. The van der Waals surface area contributed by atoms with Crippen molar-refractivity contribution in [3.05, 3.63) is 0 Å². The Morgan fingerprint density at radius 2 is 1.30 bits per heavy atom. The topological polar surface area (TPSA) is 252 Å². The van der Waals surface area contributed by atoms with Gasteiger partial charge in [-0.2, -0.15) is 23.5 Å². The summed E-state index contributed by atoms with van der Waals surface area (Å²) in [4.78, 5) is 64.8. The number of nitrogens with zero attached hydrogens (tertiary/aromatic N) is 1. The number of thioether (sulfide) groups is 2. The third-order valence-electron chi connectivity index (χ3n) is 5.05. The summed E-state index contributed by atoms with van der Waals surface area (Å²) in [5, 5.41) is 25.9. The lowest BCUT2D eigenvalue weighted by molar-refractivity contribution is -0.143. The largest absolute Gasteiger partial charge is 0.481 e. The zero-order valence-electron chi connectivity index (χ0n) is 21.1. The quantitative estimate of drug-likeness (QED) is 0.0466. The van der Waals surface area contributed by atoms with Gasteiger partial charge in [-0.25, -0.2) is 4.79 Å². The molecule has 0 radical (unpaired) electrons. The molecule has 0 aliphatic heterocycles. The van der Waals surface area contributed by atoms with E-state index in [0.29, 0.717) is 17.9 Å². The van der Waals surface area contributed by atoms with Crippen LogP contribution in [0.4, 0.5) is 0 Å². The maximum Gasteiger partial charge on any atom is 0.326 e. The SMILES string of the molecule is CSCCC(N)C(=O)NC(CCSC)C(=O)NC(CCC(=O)O)C(=O)NC(CCCN=C(N)N)C(=O)O. The molecule has 11 N–H and O–H groups in total. The highest BCUT2D eigenvalue weighted by molar-refractivity contribution is 7.98. The molecule has 4 atom stereocenters. The lowest BCUT2D eigenvalue weighted by atomic mass is 10.1. The zero-order chi connectivity index (χ0) is 28.4. The van der Waals surface area contributed by atoms with Gasteiger partial charge in [-0.3, -0.25) is 24.2 Å². The predicted molar refractivity (Wildman–Crippen MR) is 144 cm³/mol. The standard InChI is InChI=1S/C21H39N7O7S2/c1-36-10-7-12(22)17(31)26-14(8-11-37-2)19(33)27-13(5-6-16(29)30)18(32)28-15(20(34)35)4-3-9-25-21(23)24/h12-15H,3-11,22H2,1-2H3,(H,26,31)(H,27,33)(H,28,32)(H,29,30)(H,34,35)(H4,23,24,25). The van der Waals surface area contributed by atoms with Gasteiger partial charge in [0.15, 0.2) is 5.96 Å². The summed E-state index contributed by atoms with van der Waals surface area (Å²) < 4.78 is 0. The number of carbonyl (C=O) groups excluding carboxylic acids is 3. The average molecular weight is 566 g/mol. The van der Waals surface area contributed by atoms with Crippen LogP contribution >= 0.6 is 23.5 Å². The Kier molecular flexibility index (Phi) is 18.0. The highest BCUT2D eigenvalue weighted by Gasteiger charge is 2.30.